The fourth-order valence-electron chi connectivity index (χ4n) is 3.30. The zero-order valence-electron chi connectivity index (χ0n) is 14.5. The molecule has 1 aromatic rings. The largest absolute Gasteiger partial charge is 0.370 e. The van der Waals surface area contributed by atoms with E-state index in [1.54, 1.807) is 0 Å². The van der Waals surface area contributed by atoms with Gasteiger partial charge in [0.05, 0.1) is 6.54 Å². The Kier molecular flexibility index (Phi) is 8.32. The van der Waals surface area contributed by atoms with Crippen LogP contribution in [0.1, 0.15) is 49.7 Å². The SMILES string of the molecule is I.NC(=NCc1ccc(CN2CCCCC2)cc1)NCC1CCC1. The first-order chi connectivity index (χ1) is 11.3. The number of piperidine rings is 1. The number of hydrogen-bond donors (Lipinski definition) is 2. The summed E-state index contributed by atoms with van der Waals surface area (Å²) in [5.74, 6) is 1.38. The van der Waals surface area contributed by atoms with Gasteiger partial charge in [-0.3, -0.25) is 4.90 Å². The van der Waals surface area contributed by atoms with Gasteiger partial charge < -0.3 is 11.1 Å². The van der Waals surface area contributed by atoms with Gasteiger partial charge in [0, 0.05) is 13.1 Å². The lowest BCUT2D eigenvalue weighted by atomic mass is 9.85. The molecule has 0 bridgehead atoms. The van der Waals surface area contributed by atoms with Gasteiger partial charge in [-0.05, 0) is 55.8 Å². The zero-order valence-corrected chi connectivity index (χ0v) is 16.9. The molecular formula is C19H31IN4. The summed E-state index contributed by atoms with van der Waals surface area (Å²) in [5.41, 5.74) is 8.56. The predicted molar refractivity (Wildman–Crippen MR) is 112 cm³/mol. The summed E-state index contributed by atoms with van der Waals surface area (Å²) in [6, 6.07) is 8.83. The number of rotatable bonds is 6. The molecule has 24 heavy (non-hydrogen) atoms. The molecule has 0 spiro atoms. The van der Waals surface area contributed by atoms with Crippen LogP contribution >= 0.6 is 24.0 Å². The summed E-state index contributed by atoms with van der Waals surface area (Å²) < 4.78 is 0. The Morgan fingerprint density at radius 2 is 1.71 bits per heavy atom. The highest BCUT2D eigenvalue weighted by Crippen LogP contribution is 2.25. The van der Waals surface area contributed by atoms with Gasteiger partial charge in [-0.15, -0.1) is 24.0 Å². The Balaban J connectivity index is 0.00000208. The molecular weight excluding hydrogens is 411 g/mol. The molecule has 0 radical (unpaired) electrons. The number of nitrogens with zero attached hydrogens (tertiary/aromatic N) is 2. The average molecular weight is 442 g/mol. The molecule has 1 aromatic carbocycles. The maximum Gasteiger partial charge on any atom is 0.188 e. The summed E-state index contributed by atoms with van der Waals surface area (Å²) >= 11 is 0. The maximum atomic E-state index is 5.93. The van der Waals surface area contributed by atoms with Gasteiger partial charge in [0.15, 0.2) is 5.96 Å². The normalized spacial score (nSPS) is 19.4. The minimum atomic E-state index is 0. The van der Waals surface area contributed by atoms with E-state index in [-0.39, 0.29) is 24.0 Å². The van der Waals surface area contributed by atoms with E-state index in [9.17, 15) is 0 Å². The highest BCUT2D eigenvalue weighted by molar-refractivity contribution is 14.0. The summed E-state index contributed by atoms with van der Waals surface area (Å²) in [7, 11) is 0. The molecule has 0 amide bonds. The van der Waals surface area contributed by atoms with Crippen LogP contribution in [0, 0.1) is 5.92 Å². The molecule has 0 atom stereocenters. The summed E-state index contributed by atoms with van der Waals surface area (Å²) in [6.45, 7) is 5.21. The fraction of sp³-hybridized carbons (Fsp3) is 0.632. The first-order valence-electron chi connectivity index (χ1n) is 9.13. The van der Waals surface area contributed by atoms with Crippen molar-refractivity contribution in [1.82, 2.24) is 10.2 Å². The van der Waals surface area contributed by atoms with E-state index < -0.39 is 0 Å². The highest BCUT2D eigenvalue weighted by Gasteiger charge is 2.16. The fourth-order valence-corrected chi connectivity index (χ4v) is 3.30. The van der Waals surface area contributed by atoms with E-state index in [2.05, 4.69) is 39.5 Å². The molecule has 5 heteroatoms. The second-order valence-electron chi connectivity index (χ2n) is 7.03. The van der Waals surface area contributed by atoms with Crippen molar-refractivity contribution in [2.75, 3.05) is 19.6 Å². The number of benzene rings is 1. The second kappa shape index (κ2) is 10.2. The van der Waals surface area contributed by atoms with Crippen LogP contribution in [-0.2, 0) is 13.1 Å². The van der Waals surface area contributed by atoms with Crippen molar-refractivity contribution in [2.45, 2.75) is 51.6 Å². The first kappa shape index (κ1) is 19.5. The van der Waals surface area contributed by atoms with Crippen LogP contribution < -0.4 is 11.1 Å². The molecule has 4 nitrogen and oxygen atoms in total. The molecule has 2 aliphatic rings. The van der Waals surface area contributed by atoms with Gasteiger partial charge in [-0.1, -0.05) is 37.1 Å². The standard InChI is InChI=1S/C19H30N4.HI/c20-19(21-13-16-5-4-6-16)22-14-17-7-9-18(10-8-17)15-23-11-2-1-3-12-23;/h7-10,16H,1-6,11-15H2,(H3,20,21,22);1H. The number of aliphatic imine (C=N–C) groups is 1. The maximum absolute atomic E-state index is 5.93. The van der Waals surface area contributed by atoms with Gasteiger partial charge in [0.2, 0.25) is 0 Å². The first-order valence-corrected chi connectivity index (χ1v) is 9.13. The molecule has 3 N–H and O–H groups in total. The molecule has 1 aliphatic carbocycles. The molecule has 1 saturated carbocycles. The molecule has 2 fully saturated rings. The lowest BCUT2D eigenvalue weighted by molar-refractivity contribution is 0.221. The van der Waals surface area contributed by atoms with Crippen LogP contribution in [-0.4, -0.2) is 30.5 Å². The smallest absolute Gasteiger partial charge is 0.188 e. The molecule has 134 valence electrons. The molecule has 0 unspecified atom stereocenters. The summed E-state index contributed by atoms with van der Waals surface area (Å²) in [5, 5.41) is 3.24. The minimum absolute atomic E-state index is 0. The lowest BCUT2D eigenvalue weighted by Crippen LogP contribution is -2.37. The van der Waals surface area contributed by atoms with Crippen molar-refractivity contribution < 1.29 is 0 Å². The Morgan fingerprint density at radius 1 is 1.04 bits per heavy atom. The van der Waals surface area contributed by atoms with Gasteiger partial charge >= 0.3 is 0 Å². The number of nitrogens with one attached hydrogen (secondary N) is 1. The lowest BCUT2D eigenvalue weighted by Gasteiger charge is -2.26. The number of likely N-dealkylation sites (tertiary alicyclic amines) is 1. The molecule has 1 saturated heterocycles. The quantitative estimate of drug-likeness (QED) is 0.403. The van der Waals surface area contributed by atoms with Crippen molar-refractivity contribution in [3.05, 3.63) is 35.4 Å². The van der Waals surface area contributed by atoms with Gasteiger partial charge in [0.25, 0.3) is 0 Å². The third kappa shape index (κ3) is 6.24. The summed E-state index contributed by atoms with van der Waals surface area (Å²) in [4.78, 5) is 7.00. The number of hydrogen-bond acceptors (Lipinski definition) is 2. The van der Waals surface area contributed by atoms with Crippen molar-refractivity contribution in [1.29, 1.82) is 0 Å². The Labute approximate surface area is 163 Å². The number of guanidine groups is 1. The average Bonchev–Trinajstić information content (AvgIpc) is 2.54. The highest BCUT2D eigenvalue weighted by atomic mass is 127. The Morgan fingerprint density at radius 3 is 2.33 bits per heavy atom. The second-order valence-corrected chi connectivity index (χ2v) is 7.03. The van der Waals surface area contributed by atoms with Crippen molar-refractivity contribution in [2.24, 2.45) is 16.6 Å². The third-order valence-corrected chi connectivity index (χ3v) is 5.11. The van der Waals surface area contributed by atoms with Crippen molar-refractivity contribution in [3.8, 4) is 0 Å². The number of halogens is 1. The van der Waals surface area contributed by atoms with Crippen molar-refractivity contribution >= 4 is 29.9 Å². The zero-order chi connectivity index (χ0) is 15.9. The molecule has 1 heterocycles. The Bertz CT molecular complexity index is 505. The van der Waals surface area contributed by atoms with E-state index in [4.69, 9.17) is 5.73 Å². The summed E-state index contributed by atoms with van der Waals surface area (Å²) in [6.07, 6.45) is 8.12. The van der Waals surface area contributed by atoms with Gasteiger partial charge in [-0.25, -0.2) is 4.99 Å². The van der Waals surface area contributed by atoms with E-state index in [0.717, 1.165) is 19.0 Å². The monoisotopic (exact) mass is 442 g/mol. The number of nitrogens with two attached hydrogens (primary N) is 1. The van der Waals surface area contributed by atoms with Crippen LogP contribution in [0.2, 0.25) is 0 Å². The van der Waals surface area contributed by atoms with Crippen LogP contribution in [0.4, 0.5) is 0 Å². The van der Waals surface area contributed by atoms with Crippen molar-refractivity contribution in [3.63, 3.8) is 0 Å². The van der Waals surface area contributed by atoms with E-state index in [1.165, 1.54) is 62.7 Å². The molecule has 3 rings (SSSR count). The minimum Gasteiger partial charge on any atom is -0.370 e. The van der Waals surface area contributed by atoms with Crippen LogP contribution in [0.3, 0.4) is 0 Å². The van der Waals surface area contributed by atoms with Gasteiger partial charge in [-0.2, -0.15) is 0 Å². The third-order valence-electron chi connectivity index (χ3n) is 5.11. The van der Waals surface area contributed by atoms with E-state index in [0.29, 0.717) is 12.5 Å². The predicted octanol–water partition coefficient (Wildman–Crippen LogP) is 3.49. The van der Waals surface area contributed by atoms with Gasteiger partial charge in [0.1, 0.15) is 0 Å². The van der Waals surface area contributed by atoms with E-state index in [1.807, 2.05) is 0 Å². The topological polar surface area (TPSA) is 53.6 Å². The molecule has 1 aliphatic heterocycles. The van der Waals surface area contributed by atoms with Crippen LogP contribution in [0.15, 0.2) is 29.3 Å². The van der Waals surface area contributed by atoms with Crippen LogP contribution in [0.5, 0.6) is 0 Å². The molecule has 0 aromatic heterocycles. The Hall–Kier alpha value is -0.820. The van der Waals surface area contributed by atoms with Crippen LogP contribution in [0.25, 0.3) is 0 Å². The van der Waals surface area contributed by atoms with E-state index >= 15 is 0 Å².